The summed E-state index contributed by atoms with van der Waals surface area (Å²) in [6.07, 6.45) is 2.49. The second kappa shape index (κ2) is 7.89. The summed E-state index contributed by atoms with van der Waals surface area (Å²) in [7, 11) is 0.806. The monoisotopic (exact) mass is 331 g/mol. The molecule has 0 aliphatic rings. The van der Waals surface area contributed by atoms with E-state index in [2.05, 4.69) is 24.1 Å². The lowest BCUT2D eigenvalue weighted by Crippen LogP contribution is -2.40. The Bertz CT molecular complexity index is 514. The third kappa shape index (κ3) is 5.74. The number of nitrogens with zero attached hydrogens (tertiary/aromatic N) is 2. The fourth-order valence-corrected chi connectivity index (χ4v) is 3.67. The van der Waals surface area contributed by atoms with Gasteiger partial charge in [0.25, 0.3) is 0 Å². The predicted molar refractivity (Wildman–Crippen MR) is 90.6 cm³/mol. The molecule has 1 aromatic heterocycles. The smallest absolute Gasteiger partial charge is 0.322 e. The van der Waals surface area contributed by atoms with Crippen molar-refractivity contribution in [2.75, 3.05) is 24.4 Å². The number of rotatable bonds is 6. The van der Waals surface area contributed by atoms with Crippen LogP contribution in [0.2, 0.25) is 0 Å². The maximum absolute atomic E-state index is 12.3. The van der Waals surface area contributed by atoms with Gasteiger partial charge in [-0.3, -0.25) is 9.53 Å². The standard InChI is InChI=1S/C14H25N3O2S2/c1-9(2)7-12-13(20-11(4)15-12)16-14(18)17(5)10(3)8-21(6)19/h9-10H,7-8H2,1-6H3,(H,16,18)/t10-,21-/m0/s1. The molecular weight excluding hydrogens is 306 g/mol. The number of urea groups is 1. The van der Waals surface area contributed by atoms with Crippen LogP contribution in [0.1, 0.15) is 31.5 Å². The molecular formula is C14H25N3O2S2. The van der Waals surface area contributed by atoms with Crippen LogP contribution in [0.3, 0.4) is 0 Å². The number of aromatic nitrogens is 1. The van der Waals surface area contributed by atoms with E-state index in [9.17, 15) is 9.00 Å². The van der Waals surface area contributed by atoms with Crippen molar-refractivity contribution >= 4 is 33.2 Å². The molecule has 0 fully saturated rings. The van der Waals surface area contributed by atoms with Gasteiger partial charge in [0.15, 0.2) is 0 Å². The van der Waals surface area contributed by atoms with Crippen molar-refractivity contribution in [1.29, 1.82) is 0 Å². The molecule has 0 aliphatic carbocycles. The summed E-state index contributed by atoms with van der Waals surface area (Å²) in [6, 6.07) is -0.250. The average molecular weight is 332 g/mol. The Balaban J connectivity index is 2.76. The SMILES string of the molecule is Cc1nc(CC(C)C)c(NC(=O)N(C)[C@@H](C)C[S@](C)=O)s1. The zero-order valence-corrected chi connectivity index (χ0v) is 15.2. The molecule has 7 heteroatoms. The van der Waals surface area contributed by atoms with Crippen molar-refractivity contribution in [1.82, 2.24) is 9.88 Å². The molecule has 5 nitrogen and oxygen atoms in total. The average Bonchev–Trinajstić information content (AvgIpc) is 2.66. The van der Waals surface area contributed by atoms with E-state index in [1.807, 2.05) is 13.8 Å². The number of hydrogen-bond donors (Lipinski definition) is 1. The summed E-state index contributed by atoms with van der Waals surface area (Å²) in [4.78, 5) is 18.4. The van der Waals surface area contributed by atoms with Gasteiger partial charge in [-0.25, -0.2) is 9.78 Å². The van der Waals surface area contributed by atoms with E-state index >= 15 is 0 Å². The van der Waals surface area contributed by atoms with E-state index in [1.165, 1.54) is 11.3 Å². The molecule has 2 atom stereocenters. The summed E-state index contributed by atoms with van der Waals surface area (Å²) in [5.41, 5.74) is 0.945. The lowest BCUT2D eigenvalue weighted by atomic mass is 10.1. The highest BCUT2D eigenvalue weighted by atomic mass is 32.2. The van der Waals surface area contributed by atoms with E-state index < -0.39 is 10.8 Å². The van der Waals surface area contributed by atoms with E-state index in [4.69, 9.17) is 0 Å². The van der Waals surface area contributed by atoms with Crippen molar-refractivity contribution in [3.8, 4) is 0 Å². The second-order valence-corrected chi connectivity index (χ2v) is 8.42. The van der Waals surface area contributed by atoms with Crippen LogP contribution in [0.25, 0.3) is 0 Å². The van der Waals surface area contributed by atoms with Crippen LogP contribution < -0.4 is 5.32 Å². The van der Waals surface area contributed by atoms with Crippen LogP contribution in [0.4, 0.5) is 9.80 Å². The van der Waals surface area contributed by atoms with E-state index in [1.54, 1.807) is 18.2 Å². The Hall–Kier alpha value is -0.950. The Morgan fingerprint density at radius 3 is 2.57 bits per heavy atom. The molecule has 0 spiro atoms. The van der Waals surface area contributed by atoms with Gasteiger partial charge >= 0.3 is 6.03 Å². The van der Waals surface area contributed by atoms with Crippen molar-refractivity contribution in [3.05, 3.63) is 10.7 Å². The largest absolute Gasteiger partial charge is 0.324 e. The zero-order valence-electron chi connectivity index (χ0n) is 13.6. The highest BCUT2D eigenvalue weighted by molar-refractivity contribution is 7.84. The summed E-state index contributed by atoms with van der Waals surface area (Å²) in [5, 5.41) is 4.71. The summed E-state index contributed by atoms with van der Waals surface area (Å²) >= 11 is 1.50. The molecule has 0 saturated carbocycles. The Labute approximate surface area is 133 Å². The van der Waals surface area contributed by atoms with Crippen LogP contribution in [0, 0.1) is 12.8 Å². The molecule has 2 amide bonds. The number of nitrogens with one attached hydrogen (secondary N) is 1. The van der Waals surface area contributed by atoms with Crippen LogP contribution in [0.5, 0.6) is 0 Å². The topological polar surface area (TPSA) is 62.3 Å². The van der Waals surface area contributed by atoms with Gasteiger partial charge in [0.2, 0.25) is 0 Å². The van der Waals surface area contributed by atoms with E-state index in [-0.39, 0.29) is 12.1 Å². The normalized spacial score (nSPS) is 14.0. The highest BCUT2D eigenvalue weighted by Gasteiger charge is 2.19. The number of carbonyl (C=O) groups excluding carboxylic acids is 1. The molecule has 1 aromatic rings. The van der Waals surface area contributed by atoms with Gasteiger partial charge in [-0.2, -0.15) is 0 Å². The van der Waals surface area contributed by atoms with Gasteiger partial charge in [-0.15, -0.1) is 11.3 Å². The number of amides is 2. The van der Waals surface area contributed by atoms with E-state index in [0.29, 0.717) is 11.7 Å². The molecule has 0 aliphatic heterocycles. The number of aryl methyl sites for hydroxylation is 1. The Morgan fingerprint density at radius 2 is 2.05 bits per heavy atom. The van der Waals surface area contributed by atoms with E-state index in [0.717, 1.165) is 22.1 Å². The number of thiazole rings is 1. The number of hydrogen-bond acceptors (Lipinski definition) is 4. The second-order valence-electron chi connectivity index (χ2n) is 5.74. The van der Waals surface area contributed by atoms with Gasteiger partial charge in [-0.1, -0.05) is 13.8 Å². The minimum absolute atomic E-state index is 0.0709. The maximum atomic E-state index is 12.3. The first-order valence-electron chi connectivity index (χ1n) is 7.00. The summed E-state index contributed by atoms with van der Waals surface area (Å²) in [6.45, 7) is 8.10. The first-order valence-corrected chi connectivity index (χ1v) is 9.55. The number of carbonyl (C=O) groups is 1. The Morgan fingerprint density at radius 1 is 1.43 bits per heavy atom. The lowest BCUT2D eigenvalue weighted by Gasteiger charge is -2.24. The minimum atomic E-state index is -0.919. The quantitative estimate of drug-likeness (QED) is 0.872. The molecule has 1 heterocycles. The molecule has 1 rings (SSSR count). The van der Waals surface area contributed by atoms with Crippen LogP contribution in [0.15, 0.2) is 0 Å². The summed E-state index contributed by atoms with van der Waals surface area (Å²) in [5.74, 6) is 0.964. The third-order valence-electron chi connectivity index (χ3n) is 3.08. The molecule has 21 heavy (non-hydrogen) atoms. The molecule has 0 unspecified atom stereocenters. The lowest BCUT2D eigenvalue weighted by molar-refractivity contribution is 0.212. The predicted octanol–water partition coefficient (Wildman–Crippen LogP) is 2.88. The molecule has 120 valence electrons. The zero-order chi connectivity index (χ0) is 16.2. The van der Waals surface area contributed by atoms with Gasteiger partial charge in [-0.05, 0) is 26.2 Å². The fraction of sp³-hybridized carbons (Fsp3) is 0.714. The first-order chi connectivity index (χ1) is 9.70. The highest BCUT2D eigenvalue weighted by Crippen LogP contribution is 2.26. The van der Waals surface area contributed by atoms with Gasteiger partial charge in [0.05, 0.1) is 10.7 Å². The number of anilines is 1. The fourth-order valence-electron chi connectivity index (χ4n) is 1.93. The van der Waals surface area contributed by atoms with Crippen LogP contribution >= 0.6 is 11.3 Å². The minimum Gasteiger partial charge on any atom is -0.324 e. The van der Waals surface area contributed by atoms with Crippen molar-refractivity contribution in [2.24, 2.45) is 5.92 Å². The molecule has 1 N–H and O–H groups in total. The molecule has 0 aromatic carbocycles. The van der Waals surface area contributed by atoms with Crippen molar-refractivity contribution in [3.63, 3.8) is 0 Å². The van der Waals surface area contributed by atoms with Crippen LogP contribution in [-0.4, -0.2) is 45.2 Å². The molecule has 0 bridgehead atoms. The van der Waals surface area contributed by atoms with Gasteiger partial charge < -0.3 is 4.90 Å². The summed E-state index contributed by atoms with van der Waals surface area (Å²) < 4.78 is 11.3. The molecule has 0 saturated heterocycles. The first kappa shape index (κ1) is 18.1. The third-order valence-corrected chi connectivity index (χ3v) is 4.96. The van der Waals surface area contributed by atoms with Gasteiger partial charge in [0, 0.05) is 35.9 Å². The van der Waals surface area contributed by atoms with Gasteiger partial charge in [0.1, 0.15) is 5.00 Å². The van der Waals surface area contributed by atoms with Crippen LogP contribution in [-0.2, 0) is 17.2 Å². The molecule has 0 radical (unpaired) electrons. The van der Waals surface area contributed by atoms with Crippen molar-refractivity contribution < 1.29 is 9.00 Å². The van der Waals surface area contributed by atoms with Crippen molar-refractivity contribution in [2.45, 2.75) is 40.2 Å². The maximum Gasteiger partial charge on any atom is 0.322 e. The Kier molecular flexibility index (Phi) is 6.80.